The molecule has 0 spiro atoms. The molecule has 3 atom stereocenters. The number of hydrogen-bond donors (Lipinski definition) is 2. The Morgan fingerprint density at radius 1 is 1.35 bits per heavy atom. The third-order valence-corrected chi connectivity index (χ3v) is 6.67. The van der Waals surface area contributed by atoms with E-state index in [2.05, 4.69) is 34.9 Å². The molecule has 2 aromatic heterocycles. The molecule has 1 aliphatic rings. The first-order valence-corrected chi connectivity index (χ1v) is 12.1. The smallest absolute Gasteiger partial charge is 0.330 e. The van der Waals surface area contributed by atoms with Gasteiger partial charge < -0.3 is 9.84 Å². The summed E-state index contributed by atoms with van der Waals surface area (Å²) in [6, 6.07) is -0.235. The van der Waals surface area contributed by atoms with Crippen molar-refractivity contribution in [2.45, 2.75) is 58.3 Å². The number of aryl methyl sites for hydroxylation is 1. The second-order valence-corrected chi connectivity index (χ2v) is 12.8. The zero-order valence-electron chi connectivity index (χ0n) is 15.7. The summed E-state index contributed by atoms with van der Waals surface area (Å²) in [6.45, 7) is 10.0. The molecule has 10 heteroatoms. The van der Waals surface area contributed by atoms with Crippen molar-refractivity contribution in [3.05, 3.63) is 38.3 Å². The van der Waals surface area contributed by atoms with Crippen LogP contribution in [0.3, 0.4) is 0 Å². The quantitative estimate of drug-likeness (QED) is 0.712. The van der Waals surface area contributed by atoms with E-state index in [0.717, 1.165) is 11.0 Å². The second kappa shape index (κ2) is 6.60. The molecule has 0 amide bonds. The van der Waals surface area contributed by atoms with Gasteiger partial charge in [0, 0.05) is 18.2 Å². The summed E-state index contributed by atoms with van der Waals surface area (Å²) < 4.78 is 9.07. The summed E-state index contributed by atoms with van der Waals surface area (Å²) >= 11 is 0. The number of rotatable bonds is 4. The Balaban J connectivity index is 1.96. The summed E-state index contributed by atoms with van der Waals surface area (Å²) in [5.74, 6) is 0. The number of hydrogen-bond acceptors (Lipinski definition) is 6. The maximum atomic E-state index is 12.2. The first-order chi connectivity index (χ1) is 12.1. The van der Waals surface area contributed by atoms with Crippen molar-refractivity contribution < 1.29 is 9.84 Å². The van der Waals surface area contributed by atoms with E-state index in [9.17, 15) is 14.7 Å². The number of H-pyrrole nitrogens is 1. The number of aromatic amines is 1. The van der Waals surface area contributed by atoms with Crippen LogP contribution in [-0.4, -0.2) is 50.4 Å². The molecule has 0 bridgehead atoms. The standard InChI is InChI=1S/C16H25N5O4Si/c1-9-7-20(16(24)17-14(9)23)13-6-11(12(8-22)25-13)21-10(2)15(18-19-21)26(3,4)5/h7,11-13,22H,6,8H2,1-5H3,(H,17,23,24)/t11-,12+,13+/m0/s1. The van der Waals surface area contributed by atoms with E-state index in [1.807, 2.05) is 6.92 Å². The van der Waals surface area contributed by atoms with Gasteiger partial charge in [0.2, 0.25) is 0 Å². The molecule has 0 aliphatic carbocycles. The average Bonchev–Trinajstić information content (AvgIpc) is 3.13. The highest BCUT2D eigenvalue weighted by Crippen LogP contribution is 2.36. The van der Waals surface area contributed by atoms with Gasteiger partial charge in [-0.3, -0.25) is 14.3 Å². The number of aliphatic hydroxyl groups is 1. The lowest BCUT2D eigenvalue weighted by Crippen LogP contribution is -2.41. The molecule has 0 radical (unpaired) electrons. The predicted octanol–water partition coefficient (Wildman–Crippen LogP) is -0.189. The van der Waals surface area contributed by atoms with Gasteiger partial charge in [-0.2, -0.15) is 0 Å². The molecular weight excluding hydrogens is 354 g/mol. The summed E-state index contributed by atoms with van der Waals surface area (Å²) in [4.78, 5) is 26.0. The second-order valence-electron chi connectivity index (χ2n) is 7.81. The largest absolute Gasteiger partial charge is 0.394 e. The molecule has 0 unspecified atom stereocenters. The molecule has 1 aliphatic heterocycles. The van der Waals surface area contributed by atoms with Gasteiger partial charge in [-0.25, -0.2) is 9.48 Å². The molecule has 1 saturated heterocycles. The number of nitrogens with zero attached hydrogens (tertiary/aromatic N) is 4. The zero-order valence-corrected chi connectivity index (χ0v) is 16.7. The Kier molecular flexibility index (Phi) is 4.76. The van der Waals surface area contributed by atoms with E-state index in [0.29, 0.717) is 12.0 Å². The molecule has 0 aromatic carbocycles. The molecule has 26 heavy (non-hydrogen) atoms. The SMILES string of the molecule is Cc1cn([C@H]2C[C@H](n3nnc([Si](C)(C)C)c3C)[C@@H](CO)O2)c(=O)[nH]c1=O. The van der Waals surface area contributed by atoms with Gasteiger partial charge in [0.15, 0.2) is 0 Å². The van der Waals surface area contributed by atoms with Crippen molar-refractivity contribution in [3.63, 3.8) is 0 Å². The van der Waals surface area contributed by atoms with Crippen LogP contribution in [0.4, 0.5) is 0 Å². The monoisotopic (exact) mass is 379 g/mol. The summed E-state index contributed by atoms with van der Waals surface area (Å²) in [5, 5.41) is 19.5. The minimum Gasteiger partial charge on any atom is -0.394 e. The summed E-state index contributed by atoms with van der Waals surface area (Å²) in [7, 11) is -1.64. The zero-order chi connectivity index (χ0) is 19.2. The van der Waals surface area contributed by atoms with Crippen molar-refractivity contribution in [3.8, 4) is 0 Å². The van der Waals surface area contributed by atoms with Gasteiger partial charge in [0.05, 0.1) is 23.7 Å². The van der Waals surface area contributed by atoms with Gasteiger partial charge in [-0.05, 0) is 13.8 Å². The third-order valence-electron chi connectivity index (χ3n) is 4.79. The molecule has 1 fully saturated rings. The molecule has 0 saturated carbocycles. The molecule has 3 rings (SSSR count). The number of aromatic nitrogens is 5. The fourth-order valence-electron chi connectivity index (χ4n) is 3.46. The van der Waals surface area contributed by atoms with Gasteiger partial charge in [0.1, 0.15) is 20.4 Å². The topological polar surface area (TPSA) is 115 Å². The van der Waals surface area contributed by atoms with E-state index in [1.165, 1.54) is 10.8 Å². The van der Waals surface area contributed by atoms with Crippen LogP contribution in [0, 0.1) is 13.8 Å². The van der Waals surface area contributed by atoms with Crippen LogP contribution in [0.5, 0.6) is 0 Å². The predicted molar refractivity (Wildman–Crippen MR) is 98.4 cm³/mol. The van der Waals surface area contributed by atoms with Crippen LogP contribution in [0.15, 0.2) is 15.8 Å². The van der Waals surface area contributed by atoms with E-state index in [-0.39, 0.29) is 12.6 Å². The lowest BCUT2D eigenvalue weighted by atomic mass is 10.1. The molecular formula is C16H25N5O4Si. The number of aliphatic hydroxyl groups excluding tert-OH is 1. The highest BCUT2D eigenvalue weighted by molar-refractivity contribution is 6.88. The Morgan fingerprint density at radius 2 is 2.04 bits per heavy atom. The number of nitrogens with one attached hydrogen (secondary N) is 1. The van der Waals surface area contributed by atoms with Crippen LogP contribution in [0.1, 0.15) is 29.9 Å². The van der Waals surface area contributed by atoms with Crippen LogP contribution >= 0.6 is 0 Å². The lowest BCUT2D eigenvalue weighted by Gasteiger charge is -2.18. The van der Waals surface area contributed by atoms with Gasteiger partial charge in [0.25, 0.3) is 5.56 Å². The highest BCUT2D eigenvalue weighted by Gasteiger charge is 2.40. The number of ether oxygens (including phenoxy) is 1. The van der Waals surface area contributed by atoms with Crippen LogP contribution in [-0.2, 0) is 4.74 Å². The van der Waals surface area contributed by atoms with Gasteiger partial charge in [-0.15, -0.1) is 5.10 Å². The Labute approximate surface area is 151 Å². The molecule has 142 valence electrons. The van der Waals surface area contributed by atoms with Crippen LogP contribution in [0.25, 0.3) is 0 Å². The van der Waals surface area contributed by atoms with E-state index in [1.54, 1.807) is 11.6 Å². The summed E-state index contributed by atoms with van der Waals surface area (Å²) in [6.07, 6.45) is 0.851. The Morgan fingerprint density at radius 3 is 2.62 bits per heavy atom. The third kappa shape index (κ3) is 3.19. The van der Waals surface area contributed by atoms with E-state index < -0.39 is 31.7 Å². The van der Waals surface area contributed by atoms with Crippen molar-refractivity contribution >= 4 is 13.4 Å². The van der Waals surface area contributed by atoms with E-state index >= 15 is 0 Å². The van der Waals surface area contributed by atoms with Gasteiger partial charge in [-0.1, -0.05) is 24.9 Å². The minimum atomic E-state index is -1.64. The minimum absolute atomic E-state index is 0.195. The molecule has 2 aromatic rings. The lowest BCUT2D eigenvalue weighted by molar-refractivity contribution is -0.0324. The molecule has 9 nitrogen and oxygen atoms in total. The van der Waals surface area contributed by atoms with Crippen LogP contribution in [0.2, 0.25) is 19.6 Å². The highest BCUT2D eigenvalue weighted by atomic mass is 28.3. The van der Waals surface area contributed by atoms with E-state index in [4.69, 9.17) is 4.74 Å². The Hall–Kier alpha value is -2.04. The maximum absolute atomic E-state index is 12.2. The molecule has 3 heterocycles. The first kappa shape index (κ1) is 18.7. The fraction of sp³-hybridized carbons (Fsp3) is 0.625. The van der Waals surface area contributed by atoms with Crippen molar-refractivity contribution in [2.75, 3.05) is 6.61 Å². The Bertz CT molecular complexity index is 926. The van der Waals surface area contributed by atoms with Crippen molar-refractivity contribution in [1.82, 2.24) is 24.5 Å². The van der Waals surface area contributed by atoms with Crippen LogP contribution < -0.4 is 16.6 Å². The van der Waals surface area contributed by atoms with Crippen molar-refractivity contribution in [1.29, 1.82) is 0 Å². The van der Waals surface area contributed by atoms with Crippen molar-refractivity contribution in [2.24, 2.45) is 0 Å². The molecule has 2 N–H and O–H groups in total. The average molecular weight is 379 g/mol. The maximum Gasteiger partial charge on any atom is 0.330 e. The summed E-state index contributed by atoms with van der Waals surface area (Å²) in [5.41, 5.74) is 0.462. The fourth-order valence-corrected chi connectivity index (χ4v) is 5.00. The first-order valence-electron chi connectivity index (χ1n) is 8.64. The van der Waals surface area contributed by atoms with Gasteiger partial charge >= 0.3 is 5.69 Å². The normalized spacial score (nSPS) is 23.5.